The zero-order chi connectivity index (χ0) is 18.5. The second kappa shape index (κ2) is 7.72. The van der Waals surface area contributed by atoms with Crippen molar-refractivity contribution in [2.24, 2.45) is 5.16 Å². The Balaban J connectivity index is 2.71. The number of carbonyl (C=O) groups is 2. The summed E-state index contributed by atoms with van der Waals surface area (Å²) in [5, 5.41) is 6.71. The molecule has 8 nitrogen and oxygen atoms in total. The Labute approximate surface area is 143 Å². The van der Waals surface area contributed by atoms with Crippen molar-refractivity contribution in [1.29, 1.82) is 0 Å². The number of nitrogens with zero attached hydrogens (tertiary/aromatic N) is 2. The molecule has 1 aliphatic heterocycles. The molecule has 1 fully saturated rings. The van der Waals surface area contributed by atoms with E-state index in [4.69, 9.17) is 14.3 Å². The summed E-state index contributed by atoms with van der Waals surface area (Å²) < 4.78 is 10.6. The zero-order valence-electron chi connectivity index (χ0n) is 15.6. The molecule has 0 aliphatic carbocycles. The van der Waals surface area contributed by atoms with E-state index >= 15 is 0 Å². The summed E-state index contributed by atoms with van der Waals surface area (Å²) in [5.41, 5.74) is -0.610. The summed E-state index contributed by atoms with van der Waals surface area (Å²) in [7, 11) is 1.42. The first-order chi connectivity index (χ1) is 10.9. The highest BCUT2D eigenvalue weighted by Gasteiger charge is 2.33. The van der Waals surface area contributed by atoms with Crippen LogP contribution >= 0.6 is 0 Å². The molecule has 24 heavy (non-hydrogen) atoms. The third-order valence-electron chi connectivity index (χ3n) is 2.99. The number of amides is 2. The van der Waals surface area contributed by atoms with Crippen LogP contribution < -0.4 is 5.32 Å². The van der Waals surface area contributed by atoms with E-state index in [1.165, 1.54) is 12.0 Å². The van der Waals surface area contributed by atoms with Crippen molar-refractivity contribution < 1.29 is 23.9 Å². The Hall–Kier alpha value is -1.99. The lowest BCUT2D eigenvalue weighted by Gasteiger charge is -2.34. The van der Waals surface area contributed by atoms with Crippen molar-refractivity contribution in [3.05, 3.63) is 0 Å². The summed E-state index contributed by atoms with van der Waals surface area (Å²) >= 11 is 0. The van der Waals surface area contributed by atoms with E-state index in [1.807, 2.05) is 20.8 Å². The Bertz CT molecular complexity index is 491. The fourth-order valence-electron chi connectivity index (χ4n) is 2.13. The maximum absolute atomic E-state index is 12.2. The monoisotopic (exact) mass is 343 g/mol. The number of hydrogen-bond donors (Lipinski definition) is 1. The van der Waals surface area contributed by atoms with Crippen LogP contribution in [0.25, 0.3) is 0 Å². The SMILES string of the molecule is CON=C1CN(C(=O)OC(C)(C)C)CCC1NC(=O)OC(C)(C)C. The van der Waals surface area contributed by atoms with Gasteiger partial charge in [0.15, 0.2) is 0 Å². The Morgan fingerprint density at radius 2 is 1.71 bits per heavy atom. The first-order valence-corrected chi connectivity index (χ1v) is 7.98. The van der Waals surface area contributed by atoms with Crippen molar-refractivity contribution in [3.63, 3.8) is 0 Å². The molecule has 0 spiro atoms. The standard InChI is InChI=1S/C16H29N3O5/c1-15(2,3)23-13(20)17-11-8-9-19(10-12(11)18-22-7)14(21)24-16(4,5)6/h11H,8-10H2,1-7H3,(H,17,20). The van der Waals surface area contributed by atoms with Gasteiger partial charge in [0.2, 0.25) is 0 Å². The molecule has 1 N–H and O–H groups in total. The number of ether oxygens (including phenoxy) is 2. The summed E-state index contributed by atoms with van der Waals surface area (Å²) in [4.78, 5) is 30.5. The topological polar surface area (TPSA) is 89.5 Å². The summed E-state index contributed by atoms with van der Waals surface area (Å²) in [6.45, 7) is 11.5. The minimum absolute atomic E-state index is 0.225. The highest BCUT2D eigenvalue weighted by Crippen LogP contribution is 2.15. The average molecular weight is 343 g/mol. The van der Waals surface area contributed by atoms with Gasteiger partial charge in [-0.3, -0.25) is 0 Å². The van der Waals surface area contributed by atoms with Gasteiger partial charge in [0.1, 0.15) is 18.3 Å². The van der Waals surface area contributed by atoms with Crippen LogP contribution in [0, 0.1) is 0 Å². The molecule has 0 bridgehead atoms. The van der Waals surface area contributed by atoms with Crippen LogP contribution in [0.3, 0.4) is 0 Å². The molecule has 0 aromatic heterocycles. The predicted octanol–water partition coefficient (Wildman–Crippen LogP) is 2.52. The van der Waals surface area contributed by atoms with Crippen LogP contribution in [-0.2, 0) is 14.3 Å². The fraction of sp³-hybridized carbons (Fsp3) is 0.812. The molecule has 1 unspecified atom stereocenters. The third kappa shape index (κ3) is 7.06. The summed E-state index contributed by atoms with van der Waals surface area (Å²) in [6, 6.07) is -0.349. The van der Waals surface area contributed by atoms with E-state index in [0.29, 0.717) is 18.7 Å². The van der Waals surface area contributed by atoms with Crippen LogP contribution in [0.2, 0.25) is 0 Å². The van der Waals surface area contributed by atoms with Gasteiger partial charge in [0.05, 0.1) is 18.3 Å². The smallest absolute Gasteiger partial charge is 0.410 e. The molecule has 1 atom stereocenters. The Morgan fingerprint density at radius 1 is 1.12 bits per heavy atom. The molecule has 0 aromatic rings. The number of oxime groups is 1. The maximum Gasteiger partial charge on any atom is 0.410 e. The molecule has 138 valence electrons. The lowest BCUT2D eigenvalue weighted by Crippen LogP contribution is -2.54. The average Bonchev–Trinajstić information content (AvgIpc) is 2.36. The third-order valence-corrected chi connectivity index (χ3v) is 2.99. The fourth-order valence-corrected chi connectivity index (χ4v) is 2.13. The number of hydrogen-bond acceptors (Lipinski definition) is 6. The van der Waals surface area contributed by atoms with E-state index in [-0.39, 0.29) is 12.6 Å². The van der Waals surface area contributed by atoms with Crippen molar-refractivity contribution in [1.82, 2.24) is 10.2 Å². The lowest BCUT2D eigenvalue weighted by molar-refractivity contribution is 0.0255. The minimum atomic E-state index is -0.583. The lowest BCUT2D eigenvalue weighted by atomic mass is 10.0. The van der Waals surface area contributed by atoms with E-state index in [9.17, 15) is 9.59 Å². The van der Waals surface area contributed by atoms with Crippen LogP contribution in [-0.4, -0.2) is 60.2 Å². The van der Waals surface area contributed by atoms with Gasteiger partial charge in [-0.2, -0.15) is 0 Å². The van der Waals surface area contributed by atoms with Gasteiger partial charge in [0, 0.05) is 6.54 Å². The maximum atomic E-state index is 12.2. The minimum Gasteiger partial charge on any atom is -0.444 e. The summed E-state index contributed by atoms with van der Waals surface area (Å²) in [6.07, 6.45) is -0.440. The van der Waals surface area contributed by atoms with Crippen LogP contribution in [0.1, 0.15) is 48.0 Å². The van der Waals surface area contributed by atoms with Crippen LogP contribution in [0.15, 0.2) is 5.16 Å². The zero-order valence-corrected chi connectivity index (χ0v) is 15.6. The highest BCUT2D eigenvalue weighted by atomic mass is 16.6. The normalized spacial score (nSPS) is 20.5. The molecule has 2 amide bonds. The van der Waals surface area contributed by atoms with Gasteiger partial charge in [-0.1, -0.05) is 5.16 Å². The Kier molecular flexibility index (Phi) is 6.45. The van der Waals surface area contributed by atoms with E-state index in [0.717, 1.165) is 0 Å². The number of nitrogens with one attached hydrogen (secondary N) is 1. The second-order valence-electron chi connectivity index (χ2n) is 7.65. The van der Waals surface area contributed by atoms with Gasteiger partial charge >= 0.3 is 12.2 Å². The molecule has 1 aliphatic rings. The number of likely N-dealkylation sites (tertiary alicyclic amines) is 1. The number of piperidine rings is 1. The first kappa shape index (κ1) is 20.1. The van der Waals surface area contributed by atoms with Gasteiger partial charge in [-0.05, 0) is 48.0 Å². The van der Waals surface area contributed by atoms with Gasteiger partial charge in [-0.15, -0.1) is 0 Å². The van der Waals surface area contributed by atoms with Crippen molar-refractivity contribution >= 4 is 17.9 Å². The highest BCUT2D eigenvalue weighted by molar-refractivity contribution is 5.95. The predicted molar refractivity (Wildman–Crippen MR) is 90.0 cm³/mol. The van der Waals surface area contributed by atoms with Crippen molar-refractivity contribution in [2.45, 2.75) is 65.2 Å². The largest absolute Gasteiger partial charge is 0.444 e. The molecule has 1 rings (SSSR count). The molecular formula is C16H29N3O5. The first-order valence-electron chi connectivity index (χ1n) is 7.98. The molecule has 0 saturated carbocycles. The summed E-state index contributed by atoms with van der Waals surface area (Å²) in [5.74, 6) is 0. The number of alkyl carbamates (subject to hydrolysis) is 1. The number of carbonyl (C=O) groups excluding carboxylic acids is 2. The van der Waals surface area contributed by atoms with Gasteiger partial charge < -0.3 is 24.5 Å². The molecular weight excluding hydrogens is 314 g/mol. The van der Waals surface area contributed by atoms with E-state index in [2.05, 4.69) is 10.5 Å². The van der Waals surface area contributed by atoms with Crippen LogP contribution in [0.5, 0.6) is 0 Å². The second-order valence-corrected chi connectivity index (χ2v) is 7.65. The molecule has 1 heterocycles. The molecule has 0 aromatic carbocycles. The van der Waals surface area contributed by atoms with E-state index in [1.54, 1.807) is 20.8 Å². The van der Waals surface area contributed by atoms with Gasteiger partial charge in [0.25, 0.3) is 0 Å². The molecule has 1 saturated heterocycles. The number of rotatable bonds is 2. The molecule has 0 radical (unpaired) electrons. The van der Waals surface area contributed by atoms with Gasteiger partial charge in [-0.25, -0.2) is 9.59 Å². The van der Waals surface area contributed by atoms with Crippen molar-refractivity contribution in [3.8, 4) is 0 Å². The van der Waals surface area contributed by atoms with Crippen molar-refractivity contribution in [2.75, 3.05) is 20.2 Å². The Morgan fingerprint density at radius 3 is 2.21 bits per heavy atom. The van der Waals surface area contributed by atoms with Crippen LogP contribution in [0.4, 0.5) is 9.59 Å². The van der Waals surface area contributed by atoms with E-state index < -0.39 is 23.4 Å². The molecule has 8 heteroatoms. The quantitative estimate of drug-likeness (QED) is 0.778.